The number of halogens is 2. The lowest BCUT2D eigenvalue weighted by atomic mass is 10.2. The highest BCUT2D eigenvalue weighted by Gasteiger charge is 2.16. The van der Waals surface area contributed by atoms with Crippen molar-refractivity contribution in [1.29, 1.82) is 0 Å². The van der Waals surface area contributed by atoms with Crippen LogP contribution in [0.4, 0.5) is 0 Å². The van der Waals surface area contributed by atoms with Gasteiger partial charge in [0.1, 0.15) is 0 Å². The predicted octanol–water partition coefficient (Wildman–Crippen LogP) is 3.78. The van der Waals surface area contributed by atoms with Crippen LogP contribution in [0.5, 0.6) is 11.5 Å². The molecule has 0 saturated heterocycles. The summed E-state index contributed by atoms with van der Waals surface area (Å²) in [5.74, 6) is 0.0108. The van der Waals surface area contributed by atoms with Gasteiger partial charge in [-0.05, 0) is 61.1 Å². The molecule has 0 bridgehead atoms. The van der Waals surface area contributed by atoms with Gasteiger partial charge in [0.15, 0.2) is 16.6 Å². The number of carbonyl (C=O) groups is 1. The third kappa shape index (κ3) is 5.59. The first-order valence-corrected chi connectivity index (χ1v) is 8.59. The van der Waals surface area contributed by atoms with Gasteiger partial charge in [-0.2, -0.15) is 5.10 Å². The van der Waals surface area contributed by atoms with Crippen LogP contribution in [0.15, 0.2) is 41.5 Å². The fourth-order valence-electron chi connectivity index (χ4n) is 1.94. The fourth-order valence-corrected chi connectivity index (χ4v) is 2.48. The zero-order valence-electron chi connectivity index (χ0n) is 13.7. The normalized spacial score (nSPS) is 10.6. The standard InChI is InChI=1S/C17H15Cl2N3O3S/c1-2-24-15-7-10(9-21-22-17(20)26)3-6-14(15)25-16(23)12-5-4-11(18)8-13(12)19/h3-9H,2H2,1H3,(H3,20,22,26). The van der Waals surface area contributed by atoms with Crippen LogP contribution >= 0.6 is 35.4 Å². The summed E-state index contributed by atoms with van der Waals surface area (Å²) in [6, 6.07) is 9.48. The Balaban J connectivity index is 2.23. The number of benzene rings is 2. The van der Waals surface area contributed by atoms with Gasteiger partial charge in [-0.1, -0.05) is 23.2 Å². The van der Waals surface area contributed by atoms with Crippen molar-refractivity contribution in [2.45, 2.75) is 6.92 Å². The molecule has 9 heteroatoms. The molecule has 3 N–H and O–H groups in total. The molecule has 0 aliphatic rings. The minimum atomic E-state index is -0.621. The van der Waals surface area contributed by atoms with E-state index in [-0.39, 0.29) is 21.4 Å². The zero-order valence-corrected chi connectivity index (χ0v) is 16.0. The lowest BCUT2D eigenvalue weighted by Gasteiger charge is -2.12. The van der Waals surface area contributed by atoms with Gasteiger partial charge < -0.3 is 15.2 Å². The largest absolute Gasteiger partial charge is 0.490 e. The molecule has 0 aliphatic carbocycles. The molecule has 0 aliphatic heterocycles. The number of rotatable bonds is 6. The second-order valence-electron chi connectivity index (χ2n) is 4.89. The van der Waals surface area contributed by atoms with Gasteiger partial charge in [-0.3, -0.25) is 5.43 Å². The topological polar surface area (TPSA) is 85.9 Å². The molecule has 136 valence electrons. The Morgan fingerprint density at radius 1 is 1.27 bits per heavy atom. The SMILES string of the molecule is CCOc1cc(C=NNC(N)=S)ccc1OC(=O)c1ccc(Cl)cc1Cl. The zero-order chi connectivity index (χ0) is 19.1. The van der Waals surface area contributed by atoms with Crippen molar-refractivity contribution < 1.29 is 14.3 Å². The van der Waals surface area contributed by atoms with Gasteiger partial charge in [0, 0.05) is 5.02 Å². The minimum Gasteiger partial charge on any atom is -0.490 e. The molecule has 0 heterocycles. The minimum absolute atomic E-state index is 0.0525. The summed E-state index contributed by atoms with van der Waals surface area (Å²) in [6.45, 7) is 2.20. The van der Waals surface area contributed by atoms with E-state index in [0.29, 0.717) is 22.9 Å². The summed E-state index contributed by atoms with van der Waals surface area (Å²) in [6.07, 6.45) is 1.50. The Kier molecular flexibility index (Phi) is 7.20. The second-order valence-corrected chi connectivity index (χ2v) is 6.17. The summed E-state index contributed by atoms with van der Waals surface area (Å²) in [5, 5.41) is 4.55. The summed E-state index contributed by atoms with van der Waals surface area (Å²) in [4.78, 5) is 12.4. The van der Waals surface area contributed by atoms with Gasteiger partial charge in [0.2, 0.25) is 0 Å². The summed E-state index contributed by atoms with van der Waals surface area (Å²) in [5.41, 5.74) is 8.64. The van der Waals surface area contributed by atoms with Gasteiger partial charge in [-0.25, -0.2) is 4.79 Å². The van der Waals surface area contributed by atoms with Crippen LogP contribution in [0, 0.1) is 0 Å². The van der Waals surface area contributed by atoms with Crippen molar-refractivity contribution in [1.82, 2.24) is 5.43 Å². The molecule has 0 atom stereocenters. The Bertz CT molecular complexity index is 859. The number of hydrogen-bond donors (Lipinski definition) is 2. The van der Waals surface area contributed by atoms with Crippen molar-refractivity contribution in [2.24, 2.45) is 10.8 Å². The third-order valence-corrected chi connectivity index (χ3v) is 3.65. The highest BCUT2D eigenvalue weighted by molar-refractivity contribution is 7.80. The quantitative estimate of drug-likeness (QED) is 0.247. The number of hydrogen-bond acceptors (Lipinski definition) is 5. The van der Waals surface area contributed by atoms with Gasteiger partial charge in [-0.15, -0.1) is 0 Å². The van der Waals surface area contributed by atoms with Crippen LogP contribution in [0.25, 0.3) is 0 Å². The number of carbonyl (C=O) groups excluding carboxylic acids is 1. The van der Waals surface area contributed by atoms with E-state index in [2.05, 4.69) is 22.7 Å². The first-order chi connectivity index (χ1) is 12.4. The molecule has 0 unspecified atom stereocenters. The molecule has 2 aromatic rings. The predicted molar refractivity (Wildman–Crippen MR) is 107 cm³/mol. The molecule has 0 spiro atoms. The van der Waals surface area contributed by atoms with Crippen molar-refractivity contribution in [3.63, 3.8) is 0 Å². The Morgan fingerprint density at radius 2 is 2.04 bits per heavy atom. The first kappa shape index (κ1) is 20.0. The highest BCUT2D eigenvalue weighted by atomic mass is 35.5. The van der Waals surface area contributed by atoms with E-state index in [4.69, 9.17) is 38.4 Å². The fraction of sp³-hybridized carbons (Fsp3) is 0.118. The van der Waals surface area contributed by atoms with Crippen LogP contribution in [0.2, 0.25) is 10.0 Å². The van der Waals surface area contributed by atoms with E-state index in [1.165, 1.54) is 18.3 Å². The summed E-state index contributed by atoms with van der Waals surface area (Å²) >= 11 is 16.5. The third-order valence-electron chi connectivity index (χ3n) is 3.01. The second kappa shape index (κ2) is 9.38. The van der Waals surface area contributed by atoms with Crippen molar-refractivity contribution in [3.8, 4) is 11.5 Å². The molecule has 0 aromatic heterocycles. The lowest BCUT2D eigenvalue weighted by molar-refractivity contribution is 0.0728. The smallest absolute Gasteiger partial charge is 0.345 e. The molecule has 26 heavy (non-hydrogen) atoms. The maximum Gasteiger partial charge on any atom is 0.345 e. The molecule has 0 radical (unpaired) electrons. The number of ether oxygens (including phenoxy) is 2. The maximum absolute atomic E-state index is 12.4. The molecule has 0 saturated carbocycles. The van der Waals surface area contributed by atoms with Crippen molar-refractivity contribution in [3.05, 3.63) is 57.6 Å². The van der Waals surface area contributed by atoms with Gasteiger partial charge in [0.05, 0.1) is 23.4 Å². The van der Waals surface area contributed by atoms with Crippen LogP contribution in [-0.4, -0.2) is 23.9 Å². The molecular weight excluding hydrogens is 397 g/mol. The van der Waals surface area contributed by atoms with Crippen molar-refractivity contribution >= 4 is 52.7 Å². The van der Waals surface area contributed by atoms with Crippen LogP contribution in [-0.2, 0) is 0 Å². The van der Waals surface area contributed by atoms with Crippen molar-refractivity contribution in [2.75, 3.05) is 6.61 Å². The lowest BCUT2D eigenvalue weighted by Crippen LogP contribution is -2.23. The summed E-state index contributed by atoms with van der Waals surface area (Å²) in [7, 11) is 0. The van der Waals surface area contributed by atoms with E-state index < -0.39 is 5.97 Å². The Hall–Kier alpha value is -2.35. The van der Waals surface area contributed by atoms with Crippen LogP contribution in [0.1, 0.15) is 22.8 Å². The van der Waals surface area contributed by atoms with E-state index in [0.717, 1.165) is 0 Å². The molecule has 2 aromatic carbocycles. The monoisotopic (exact) mass is 411 g/mol. The first-order valence-electron chi connectivity index (χ1n) is 7.43. The number of thiocarbonyl (C=S) groups is 1. The summed E-state index contributed by atoms with van der Waals surface area (Å²) < 4.78 is 10.9. The average Bonchev–Trinajstić information content (AvgIpc) is 2.57. The number of nitrogens with one attached hydrogen (secondary N) is 1. The Morgan fingerprint density at radius 3 is 2.69 bits per heavy atom. The van der Waals surface area contributed by atoms with Gasteiger partial charge >= 0.3 is 5.97 Å². The molecule has 0 amide bonds. The molecule has 6 nitrogen and oxygen atoms in total. The van der Waals surface area contributed by atoms with Crippen LogP contribution in [0.3, 0.4) is 0 Å². The average molecular weight is 412 g/mol. The highest BCUT2D eigenvalue weighted by Crippen LogP contribution is 2.30. The van der Waals surface area contributed by atoms with E-state index >= 15 is 0 Å². The molecular formula is C17H15Cl2N3O3S. The van der Waals surface area contributed by atoms with E-state index in [9.17, 15) is 4.79 Å². The molecule has 2 rings (SSSR count). The Labute approximate surface area is 165 Å². The van der Waals surface area contributed by atoms with E-state index in [1.807, 2.05) is 6.92 Å². The number of nitrogens with two attached hydrogens (primary N) is 1. The number of esters is 1. The maximum atomic E-state index is 12.4. The van der Waals surface area contributed by atoms with E-state index in [1.54, 1.807) is 24.3 Å². The number of nitrogens with zero attached hydrogens (tertiary/aromatic N) is 1. The van der Waals surface area contributed by atoms with Gasteiger partial charge in [0.25, 0.3) is 0 Å². The number of hydrazone groups is 1. The van der Waals surface area contributed by atoms with Crippen LogP contribution < -0.4 is 20.6 Å². The molecule has 0 fully saturated rings.